The number of aliphatic hydroxyl groups is 2. The van der Waals surface area contributed by atoms with Crippen molar-refractivity contribution in [1.82, 2.24) is 19.7 Å². The van der Waals surface area contributed by atoms with Crippen LogP contribution in [0.4, 0.5) is 16.3 Å². The maximum atomic E-state index is 11.5. The molecule has 170 valence electrons. The molecule has 0 radical (unpaired) electrons. The van der Waals surface area contributed by atoms with Crippen LogP contribution in [0.1, 0.15) is 37.2 Å². The first kappa shape index (κ1) is 22.1. The summed E-state index contributed by atoms with van der Waals surface area (Å²) in [6.07, 6.45) is 4.01. The van der Waals surface area contributed by atoms with Crippen molar-refractivity contribution in [2.45, 2.75) is 31.6 Å². The van der Waals surface area contributed by atoms with Crippen molar-refractivity contribution in [2.24, 2.45) is 0 Å². The topological polar surface area (TPSA) is 158 Å². The summed E-state index contributed by atoms with van der Waals surface area (Å²) in [5, 5.41) is 27.1. The van der Waals surface area contributed by atoms with Gasteiger partial charge in [0.25, 0.3) is 0 Å². The van der Waals surface area contributed by atoms with Crippen LogP contribution in [-0.2, 0) is 9.47 Å². The standard InChI is InChI=1S/C20H24N6O5S/c1-30-20(29)24-13-8-11(5-6-22-13)17-16(21)15(12(28)9-27)18(32-17)19-23-10-26(25-19)14-4-2-3-7-31-14/h5-6,8,10,12,14,27-28H,2-4,7,9,21H2,1H3,(H,22,24,29). The van der Waals surface area contributed by atoms with Crippen molar-refractivity contribution in [3.05, 3.63) is 30.2 Å². The number of methoxy groups -OCH3 is 1. The van der Waals surface area contributed by atoms with Crippen LogP contribution in [0.3, 0.4) is 0 Å². The number of rotatable bonds is 6. The molecule has 1 saturated heterocycles. The molecule has 0 bridgehead atoms. The molecule has 5 N–H and O–H groups in total. The Bertz CT molecular complexity index is 1090. The van der Waals surface area contributed by atoms with E-state index in [2.05, 4.69) is 25.1 Å². The van der Waals surface area contributed by atoms with Crippen molar-refractivity contribution >= 4 is 28.9 Å². The average molecular weight is 461 g/mol. The zero-order valence-electron chi connectivity index (χ0n) is 17.4. The van der Waals surface area contributed by atoms with Crippen LogP contribution < -0.4 is 11.1 Å². The molecule has 0 aromatic carbocycles. The van der Waals surface area contributed by atoms with Crippen LogP contribution in [-0.4, -0.2) is 56.4 Å². The highest BCUT2D eigenvalue weighted by Crippen LogP contribution is 2.46. The average Bonchev–Trinajstić information content (AvgIpc) is 3.44. The van der Waals surface area contributed by atoms with E-state index in [1.807, 2.05) is 0 Å². The minimum Gasteiger partial charge on any atom is -0.453 e. The highest BCUT2D eigenvalue weighted by molar-refractivity contribution is 7.19. The number of carbonyl (C=O) groups excluding carboxylic acids is 1. The molecule has 1 amide bonds. The maximum Gasteiger partial charge on any atom is 0.412 e. The number of pyridine rings is 1. The van der Waals surface area contributed by atoms with Gasteiger partial charge < -0.3 is 25.4 Å². The van der Waals surface area contributed by atoms with Gasteiger partial charge in [-0.2, -0.15) is 0 Å². The number of hydrogen-bond donors (Lipinski definition) is 4. The fourth-order valence-electron chi connectivity index (χ4n) is 3.51. The van der Waals surface area contributed by atoms with Gasteiger partial charge in [-0.3, -0.25) is 5.32 Å². The zero-order valence-corrected chi connectivity index (χ0v) is 18.2. The molecule has 4 rings (SSSR count). The van der Waals surface area contributed by atoms with Crippen LogP contribution in [0, 0.1) is 0 Å². The van der Waals surface area contributed by atoms with Crippen LogP contribution in [0.5, 0.6) is 0 Å². The Balaban J connectivity index is 1.73. The molecular formula is C20H24N6O5S. The molecule has 12 heteroatoms. The molecular weight excluding hydrogens is 436 g/mol. The molecule has 1 aliphatic heterocycles. The van der Waals surface area contributed by atoms with Gasteiger partial charge in [0.15, 0.2) is 12.1 Å². The zero-order chi connectivity index (χ0) is 22.7. The molecule has 0 aliphatic carbocycles. The van der Waals surface area contributed by atoms with Gasteiger partial charge in [0, 0.05) is 18.4 Å². The van der Waals surface area contributed by atoms with Crippen molar-refractivity contribution in [3.8, 4) is 21.1 Å². The van der Waals surface area contributed by atoms with Gasteiger partial charge in [-0.15, -0.1) is 16.4 Å². The Hall–Kier alpha value is -3.06. The first-order valence-corrected chi connectivity index (χ1v) is 10.9. The molecule has 32 heavy (non-hydrogen) atoms. The number of hydrogen-bond acceptors (Lipinski definition) is 10. The molecule has 1 fully saturated rings. The molecule has 2 atom stereocenters. The fraction of sp³-hybridized carbons (Fsp3) is 0.400. The smallest absolute Gasteiger partial charge is 0.412 e. The second-order valence-electron chi connectivity index (χ2n) is 7.20. The van der Waals surface area contributed by atoms with Crippen LogP contribution in [0.25, 0.3) is 21.1 Å². The molecule has 1 aliphatic rings. The van der Waals surface area contributed by atoms with E-state index in [0.717, 1.165) is 19.3 Å². The van der Waals surface area contributed by atoms with Gasteiger partial charge in [0.1, 0.15) is 18.2 Å². The SMILES string of the molecule is COC(=O)Nc1cc(-c2sc(-c3ncn(C4CCCCO4)n3)c(C(O)CO)c2N)ccn1. The van der Waals surface area contributed by atoms with Gasteiger partial charge in [0.05, 0.1) is 29.2 Å². The van der Waals surface area contributed by atoms with E-state index in [0.29, 0.717) is 39.0 Å². The van der Waals surface area contributed by atoms with Crippen molar-refractivity contribution in [3.63, 3.8) is 0 Å². The predicted octanol–water partition coefficient (Wildman–Crippen LogP) is 2.55. The number of carbonyl (C=O) groups is 1. The highest BCUT2D eigenvalue weighted by Gasteiger charge is 2.27. The normalized spacial score (nSPS) is 17.2. The summed E-state index contributed by atoms with van der Waals surface area (Å²) in [4.78, 5) is 21.2. The highest BCUT2D eigenvalue weighted by atomic mass is 32.1. The number of thiophene rings is 1. The first-order valence-electron chi connectivity index (χ1n) is 10.1. The largest absolute Gasteiger partial charge is 0.453 e. The number of nitrogens with zero attached hydrogens (tertiary/aromatic N) is 4. The molecule has 2 unspecified atom stereocenters. The Morgan fingerprint density at radius 3 is 3.00 bits per heavy atom. The maximum absolute atomic E-state index is 11.5. The Morgan fingerprint density at radius 2 is 2.28 bits per heavy atom. The first-order chi connectivity index (χ1) is 15.5. The number of anilines is 2. The Morgan fingerprint density at radius 1 is 1.44 bits per heavy atom. The van der Waals surface area contributed by atoms with Crippen LogP contribution in [0.15, 0.2) is 24.7 Å². The lowest BCUT2D eigenvalue weighted by Gasteiger charge is -2.22. The summed E-state index contributed by atoms with van der Waals surface area (Å²) in [6.45, 7) is 0.166. The van der Waals surface area contributed by atoms with E-state index in [4.69, 9.17) is 10.5 Å². The van der Waals surface area contributed by atoms with Gasteiger partial charge >= 0.3 is 6.09 Å². The number of amides is 1. The monoisotopic (exact) mass is 460 g/mol. The molecule has 3 aromatic heterocycles. The van der Waals surface area contributed by atoms with Gasteiger partial charge in [-0.1, -0.05) is 0 Å². The summed E-state index contributed by atoms with van der Waals surface area (Å²) in [5.41, 5.74) is 7.72. The van der Waals surface area contributed by atoms with Crippen molar-refractivity contribution < 1.29 is 24.5 Å². The third-order valence-corrected chi connectivity index (χ3v) is 6.36. The molecule has 0 saturated carbocycles. The van der Waals surface area contributed by atoms with Gasteiger partial charge in [-0.05, 0) is 37.0 Å². The number of aromatic nitrogens is 4. The van der Waals surface area contributed by atoms with E-state index in [-0.39, 0.29) is 12.0 Å². The lowest BCUT2D eigenvalue weighted by atomic mass is 10.1. The summed E-state index contributed by atoms with van der Waals surface area (Å²) in [6, 6.07) is 3.37. The number of aliphatic hydroxyl groups excluding tert-OH is 2. The summed E-state index contributed by atoms with van der Waals surface area (Å²) in [5.74, 6) is 0.663. The van der Waals surface area contributed by atoms with E-state index >= 15 is 0 Å². The van der Waals surface area contributed by atoms with Gasteiger partial charge in [0.2, 0.25) is 0 Å². The van der Waals surface area contributed by atoms with E-state index in [1.54, 1.807) is 23.1 Å². The van der Waals surface area contributed by atoms with Crippen molar-refractivity contribution in [2.75, 3.05) is 31.4 Å². The fourth-order valence-corrected chi connectivity index (χ4v) is 4.71. The number of nitrogen functional groups attached to an aromatic ring is 1. The molecule has 0 spiro atoms. The third-order valence-electron chi connectivity index (χ3n) is 5.09. The lowest BCUT2D eigenvalue weighted by Crippen LogP contribution is -2.18. The van der Waals surface area contributed by atoms with E-state index in [9.17, 15) is 15.0 Å². The minimum absolute atomic E-state index is 0.180. The Labute approximate surface area is 187 Å². The summed E-state index contributed by atoms with van der Waals surface area (Å²) >= 11 is 1.28. The van der Waals surface area contributed by atoms with E-state index in [1.165, 1.54) is 24.6 Å². The van der Waals surface area contributed by atoms with E-state index < -0.39 is 18.8 Å². The van der Waals surface area contributed by atoms with Crippen LogP contribution >= 0.6 is 11.3 Å². The molecule has 3 aromatic rings. The summed E-state index contributed by atoms with van der Waals surface area (Å²) < 4.78 is 12.0. The number of ether oxygens (including phenoxy) is 2. The van der Waals surface area contributed by atoms with Crippen LogP contribution in [0.2, 0.25) is 0 Å². The quantitative estimate of drug-likeness (QED) is 0.434. The van der Waals surface area contributed by atoms with Crippen molar-refractivity contribution in [1.29, 1.82) is 0 Å². The summed E-state index contributed by atoms with van der Waals surface area (Å²) in [7, 11) is 1.26. The molecule has 11 nitrogen and oxygen atoms in total. The second kappa shape index (κ2) is 9.61. The predicted molar refractivity (Wildman–Crippen MR) is 118 cm³/mol. The number of nitrogens with two attached hydrogens (primary N) is 1. The lowest BCUT2D eigenvalue weighted by molar-refractivity contribution is -0.0395. The molecule has 4 heterocycles. The Kier molecular flexibility index (Phi) is 6.65. The minimum atomic E-state index is -1.21. The van der Waals surface area contributed by atoms with Gasteiger partial charge in [-0.25, -0.2) is 19.4 Å². The second-order valence-corrected chi connectivity index (χ2v) is 8.22. The third kappa shape index (κ3) is 4.43. The number of nitrogens with one attached hydrogen (secondary N) is 1.